The van der Waals surface area contributed by atoms with E-state index >= 15 is 0 Å². The number of para-hydroxylation sites is 1. The van der Waals surface area contributed by atoms with Crippen molar-refractivity contribution >= 4 is 35.0 Å². The van der Waals surface area contributed by atoms with E-state index in [2.05, 4.69) is 16.7 Å². The van der Waals surface area contributed by atoms with Crippen molar-refractivity contribution < 1.29 is 19.2 Å². The Morgan fingerprint density at radius 1 is 1.31 bits per heavy atom. The lowest BCUT2D eigenvalue weighted by Gasteiger charge is -2.24. The fourth-order valence-corrected chi connectivity index (χ4v) is 4.16. The van der Waals surface area contributed by atoms with Crippen LogP contribution in [0.15, 0.2) is 59.1 Å². The summed E-state index contributed by atoms with van der Waals surface area (Å²) in [5.41, 5.74) is 0.912. The maximum absolute atomic E-state index is 12.4. The van der Waals surface area contributed by atoms with E-state index in [9.17, 15) is 25.0 Å². The van der Waals surface area contributed by atoms with Gasteiger partial charge in [0.2, 0.25) is 11.8 Å². The molecule has 3 rings (SSSR count). The summed E-state index contributed by atoms with van der Waals surface area (Å²) < 4.78 is 5.36. The summed E-state index contributed by atoms with van der Waals surface area (Å²) in [6, 6.07) is 15.0. The molecule has 0 saturated carbocycles. The minimum absolute atomic E-state index is 0.0579. The number of anilines is 1. The third-order valence-electron chi connectivity index (χ3n) is 4.66. The van der Waals surface area contributed by atoms with Gasteiger partial charge in [-0.05, 0) is 31.2 Å². The Balaban J connectivity index is 1.75. The molecule has 1 heterocycles. The van der Waals surface area contributed by atoms with Crippen LogP contribution in [0.4, 0.5) is 11.4 Å². The number of ether oxygens (including phenoxy) is 1. The third-order valence-corrected chi connectivity index (χ3v) is 5.68. The molecule has 0 unspecified atom stereocenters. The molecule has 1 atom stereocenters. The first-order chi connectivity index (χ1) is 15.4. The lowest BCUT2D eigenvalue weighted by Crippen LogP contribution is -2.31. The maximum atomic E-state index is 12.4. The zero-order valence-electron chi connectivity index (χ0n) is 17.2. The van der Waals surface area contributed by atoms with Crippen molar-refractivity contribution in [3.05, 3.63) is 74.8 Å². The van der Waals surface area contributed by atoms with Crippen LogP contribution < -0.4 is 15.4 Å². The van der Waals surface area contributed by atoms with Gasteiger partial charge in [0, 0.05) is 29.7 Å². The summed E-state index contributed by atoms with van der Waals surface area (Å²) in [6.07, 6.45) is -0.0871. The van der Waals surface area contributed by atoms with E-state index in [1.54, 1.807) is 36.4 Å². The summed E-state index contributed by atoms with van der Waals surface area (Å²) >= 11 is 1.00. The topological polar surface area (TPSA) is 134 Å². The summed E-state index contributed by atoms with van der Waals surface area (Å²) in [4.78, 5) is 35.5. The van der Waals surface area contributed by atoms with Gasteiger partial charge in [0.05, 0.1) is 34.0 Å². The van der Waals surface area contributed by atoms with Gasteiger partial charge in [-0.15, -0.1) is 0 Å². The molecule has 0 bridgehead atoms. The number of nitro benzene ring substituents is 1. The number of nitrogens with one attached hydrogen (secondary N) is 2. The average Bonchev–Trinajstić information content (AvgIpc) is 2.78. The molecule has 0 spiro atoms. The molecule has 10 heteroatoms. The van der Waals surface area contributed by atoms with Crippen LogP contribution in [0.5, 0.6) is 5.75 Å². The summed E-state index contributed by atoms with van der Waals surface area (Å²) in [5, 5.41) is 26.7. The summed E-state index contributed by atoms with van der Waals surface area (Å²) in [5.74, 6) is -0.827. The lowest BCUT2D eigenvalue weighted by molar-refractivity contribution is -0.385. The van der Waals surface area contributed by atoms with E-state index in [0.717, 1.165) is 11.8 Å². The van der Waals surface area contributed by atoms with Crippen molar-refractivity contribution in [2.45, 2.75) is 19.3 Å². The Morgan fingerprint density at radius 2 is 2.03 bits per heavy atom. The van der Waals surface area contributed by atoms with Crippen molar-refractivity contribution in [2.24, 2.45) is 0 Å². The fraction of sp³-hybridized carbons (Fsp3) is 0.227. The predicted molar refractivity (Wildman–Crippen MR) is 120 cm³/mol. The van der Waals surface area contributed by atoms with E-state index in [1.807, 2.05) is 6.92 Å². The minimum Gasteiger partial charge on any atom is -0.494 e. The Bertz CT molecular complexity index is 1110. The zero-order valence-corrected chi connectivity index (χ0v) is 18.0. The second-order valence-corrected chi connectivity index (χ2v) is 7.76. The van der Waals surface area contributed by atoms with Crippen molar-refractivity contribution in [1.29, 1.82) is 5.26 Å². The molecule has 2 aromatic rings. The summed E-state index contributed by atoms with van der Waals surface area (Å²) in [7, 11) is 0. The van der Waals surface area contributed by atoms with E-state index < -0.39 is 10.8 Å². The second-order valence-electron chi connectivity index (χ2n) is 6.77. The molecule has 1 aliphatic rings. The number of hydrogen-bond donors (Lipinski definition) is 2. The number of nitro groups is 1. The molecule has 0 radical (unpaired) electrons. The molecule has 0 aromatic heterocycles. The maximum Gasteiger partial charge on any atom is 0.273 e. The first-order valence-electron chi connectivity index (χ1n) is 9.75. The number of hydrogen-bond acceptors (Lipinski definition) is 7. The van der Waals surface area contributed by atoms with Crippen LogP contribution in [0.1, 0.15) is 24.8 Å². The van der Waals surface area contributed by atoms with Gasteiger partial charge >= 0.3 is 0 Å². The van der Waals surface area contributed by atoms with Crippen LogP contribution in [0, 0.1) is 21.4 Å². The number of thioether (sulfide) groups is 1. The molecule has 164 valence electrons. The molecule has 1 aliphatic heterocycles. The van der Waals surface area contributed by atoms with Gasteiger partial charge in [-0.2, -0.15) is 5.26 Å². The number of amides is 2. The van der Waals surface area contributed by atoms with Crippen LogP contribution >= 0.6 is 11.8 Å². The standard InChI is InChI=1S/C22H20N4O5S/c1-2-31-15-9-7-14(8-10-15)24-21(28)13-32-22-18(12-23)17(11-20(27)25-22)16-5-3-4-6-19(16)26(29)30/h3-10,17H,2,11,13H2,1H3,(H,24,28)(H,25,27)/t17-/m0/s1. The third kappa shape index (κ3) is 5.44. The normalized spacial score (nSPS) is 15.5. The lowest BCUT2D eigenvalue weighted by atomic mass is 9.86. The number of nitrogens with zero attached hydrogens (tertiary/aromatic N) is 2. The molecule has 2 N–H and O–H groups in total. The largest absolute Gasteiger partial charge is 0.494 e. The predicted octanol–water partition coefficient (Wildman–Crippen LogP) is 3.70. The number of carbonyl (C=O) groups is 2. The van der Waals surface area contributed by atoms with Crippen molar-refractivity contribution in [3.63, 3.8) is 0 Å². The molecule has 32 heavy (non-hydrogen) atoms. The minimum atomic E-state index is -0.757. The van der Waals surface area contributed by atoms with Gasteiger partial charge in [-0.1, -0.05) is 30.0 Å². The Kier molecular flexibility index (Phi) is 7.46. The van der Waals surface area contributed by atoms with Gasteiger partial charge in [0.25, 0.3) is 5.69 Å². The van der Waals surface area contributed by atoms with Crippen molar-refractivity contribution in [2.75, 3.05) is 17.7 Å². The number of allylic oxidation sites excluding steroid dienone is 1. The van der Waals surface area contributed by atoms with E-state index in [0.29, 0.717) is 23.6 Å². The Morgan fingerprint density at radius 3 is 2.69 bits per heavy atom. The Labute approximate surface area is 188 Å². The van der Waals surface area contributed by atoms with Crippen molar-refractivity contribution in [1.82, 2.24) is 5.32 Å². The highest BCUT2D eigenvalue weighted by Gasteiger charge is 2.33. The molecule has 0 fully saturated rings. The van der Waals surface area contributed by atoms with Crippen LogP contribution in [-0.4, -0.2) is 29.1 Å². The van der Waals surface area contributed by atoms with Crippen LogP contribution in [0.3, 0.4) is 0 Å². The van der Waals surface area contributed by atoms with Gasteiger partial charge in [-0.25, -0.2) is 0 Å². The van der Waals surface area contributed by atoms with Gasteiger partial charge in [-0.3, -0.25) is 19.7 Å². The highest BCUT2D eigenvalue weighted by molar-refractivity contribution is 8.03. The Hall–Kier alpha value is -3.84. The monoisotopic (exact) mass is 452 g/mol. The number of rotatable bonds is 8. The number of carbonyl (C=O) groups excluding carboxylic acids is 2. The van der Waals surface area contributed by atoms with Gasteiger partial charge in [0.1, 0.15) is 5.75 Å². The van der Waals surface area contributed by atoms with Crippen molar-refractivity contribution in [3.8, 4) is 11.8 Å². The van der Waals surface area contributed by atoms with Gasteiger partial charge < -0.3 is 15.4 Å². The molecule has 0 aliphatic carbocycles. The molecule has 2 aromatic carbocycles. The van der Waals surface area contributed by atoms with E-state index in [1.165, 1.54) is 12.1 Å². The highest BCUT2D eigenvalue weighted by Crippen LogP contribution is 2.39. The SMILES string of the molecule is CCOc1ccc(NC(=O)CSC2=C(C#N)[C@H](c3ccccc3[N+](=O)[O-])CC(=O)N2)cc1. The molecular formula is C22H20N4O5S. The molecule has 2 amide bonds. The number of nitriles is 1. The smallest absolute Gasteiger partial charge is 0.273 e. The number of benzene rings is 2. The molecule has 9 nitrogen and oxygen atoms in total. The fourth-order valence-electron chi connectivity index (χ4n) is 3.28. The van der Waals surface area contributed by atoms with Crippen LogP contribution in [0.25, 0.3) is 0 Å². The first kappa shape index (κ1) is 22.8. The average molecular weight is 452 g/mol. The van der Waals surface area contributed by atoms with Crippen LogP contribution in [0.2, 0.25) is 0 Å². The van der Waals surface area contributed by atoms with E-state index in [4.69, 9.17) is 4.74 Å². The molecule has 0 saturated heterocycles. The molecular weight excluding hydrogens is 432 g/mol. The second kappa shape index (κ2) is 10.5. The van der Waals surface area contributed by atoms with Crippen LogP contribution in [-0.2, 0) is 9.59 Å². The van der Waals surface area contributed by atoms with E-state index in [-0.39, 0.29) is 40.3 Å². The van der Waals surface area contributed by atoms with Gasteiger partial charge in [0.15, 0.2) is 0 Å². The first-order valence-corrected chi connectivity index (χ1v) is 10.7. The summed E-state index contributed by atoms with van der Waals surface area (Å²) in [6.45, 7) is 2.42. The quantitative estimate of drug-likeness (QED) is 0.460. The highest BCUT2D eigenvalue weighted by atomic mass is 32.2. The zero-order chi connectivity index (χ0) is 23.1.